The van der Waals surface area contributed by atoms with Crippen molar-refractivity contribution in [2.45, 2.75) is 25.2 Å². The SMILES string of the molecule is COCc1ccc(C(C)=Cc2ccc3c(c2)C(O)(c2ccccc2)C(OC)C(=O)N3)o1. The lowest BCUT2D eigenvalue weighted by molar-refractivity contribution is -0.142. The van der Waals surface area contributed by atoms with Gasteiger partial charge in [0.1, 0.15) is 18.1 Å². The van der Waals surface area contributed by atoms with E-state index < -0.39 is 11.7 Å². The van der Waals surface area contributed by atoms with E-state index in [2.05, 4.69) is 5.32 Å². The second-order valence-corrected chi connectivity index (χ2v) is 7.57. The van der Waals surface area contributed by atoms with E-state index in [1.165, 1.54) is 7.11 Å². The average Bonchev–Trinajstić information content (AvgIpc) is 3.24. The Labute approximate surface area is 181 Å². The Kier molecular flexibility index (Phi) is 5.78. The number of anilines is 1. The highest BCUT2D eigenvalue weighted by atomic mass is 16.5. The fraction of sp³-hybridized carbons (Fsp3) is 0.240. The predicted molar refractivity (Wildman–Crippen MR) is 118 cm³/mol. The number of hydrogen-bond donors (Lipinski definition) is 2. The number of rotatable bonds is 6. The topological polar surface area (TPSA) is 80.9 Å². The molecule has 2 N–H and O–H groups in total. The molecule has 1 aliphatic rings. The Morgan fingerprint density at radius 2 is 1.94 bits per heavy atom. The molecule has 6 heteroatoms. The Morgan fingerprint density at radius 1 is 1.16 bits per heavy atom. The summed E-state index contributed by atoms with van der Waals surface area (Å²) in [5.74, 6) is 1.10. The molecule has 1 aliphatic heterocycles. The monoisotopic (exact) mass is 419 g/mol. The molecule has 160 valence electrons. The maximum absolute atomic E-state index is 12.6. The van der Waals surface area contributed by atoms with Crippen LogP contribution in [0.2, 0.25) is 0 Å². The zero-order valence-electron chi connectivity index (χ0n) is 17.7. The van der Waals surface area contributed by atoms with Gasteiger partial charge in [-0.15, -0.1) is 0 Å². The molecule has 3 aromatic rings. The maximum Gasteiger partial charge on any atom is 0.257 e. The first-order valence-electron chi connectivity index (χ1n) is 9.99. The fourth-order valence-electron chi connectivity index (χ4n) is 4.01. The van der Waals surface area contributed by atoms with Gasteiger partial charge in [0.2, 0.25) is 0 Å². The molecule has 6 nitrogen and oxygen atoms in total. The molecule has 0 bridgehead atoms. The number of benzene rings is 2. The summed E-state index contributed by atoms with van der Waals surface area (Å²) in [6.45, 7) is 2.37. The summed E-state index contributed by atoms with van der Waals surface area (Å²) >= 11 is 0. The Balaban J connectivity index is 1.79. The molecule has 0 fully saturated rings. The Morgan fingerprint density at radius 3 is 2.65 bits per heavy atom. The first-order valence-corrected chi connectivity index (χ1v) is 9.99. The highest BCUT2D eigenvalue weighted by Gasteiger charge is 2.49. The van der Waals surface area contributed by atoms with Crippen molar-refractivity contribution in [1.29, 1.82) is 0 Å². The van der Waals surface area contributed by atoms with E-state index in [9.17, 15) is 9.90 Å². The second kappa shape index (κ2) is 8.51. The quantitative estimate of drug-likeness (QED) is 0.626. The van der Waals surface area contributed by atoms with Crippen molar-refractivity contribution in [2.75, 3.05) is 19.5 Å². The van der Waals surface area contributed by atoms with Gasteiger partial charge in [0.25, 0.3) is 5.91 Å². The standard InChI is InChI=1S/C25H25NO5/c1-16(22-12-10-19(31-22)15-29-2)13-17-9-11-21-20(14-17)25(28,18-7-5-4-6-8-18)23(30-3)24(27)26-21/h4-14,23,28H,15H2,1-3H3,(H,26,27). The number of hydrogen-bond acceptors (Lipinski definition) is 5. The van der Waals surface area contributed by atoms with E-state index in [0.29, 0.717) is 23.4 Å². The summed E-state index contributed by atoms with van der Waals surface area (Å²) in [6, 6.07) is 18.5. The van der Waals surface area contributed by atoms with Crippen LogP contribution in [-0.2, 0) is 26.5 Å². The van der Waals surface area contributed by atoms with Gasteiger partial charge in [0.05, 0.1) is 0 Å². The van der Waals surface area contributed by atoms with Crippen molar-refractivity contribution in [3.63, 3.8) is 0 Å². The van der Waals surface area contributed by atoms with Crippen molar-refractivity contribution in [3.8, 4) is 0 Å². The largest absolute Gasteiger partial charge is 0.459 e. The summed E-state index contributed by atoms with van der Waals surface area (Å²) in [6.07, 6.45) is 0.892. The number of amides is 1. The zero-order chi connectivity index (χ0) is 22.0. The summed E-state index contributed by atoms with van der Waals surface area (Å²) in [5, 5.41) is 14.7. The number of fused-ring (bicyclic) bond motifs is 1. The van der Waals surface area contributed by atoms with Gasteiger partial charge in [-0.25, -0.2) is 0 Å². The lowest BCUT2D eigenvalue weighted by Gasteiger charge is -2.40. The minimum absolute atomic E-state index is 0.387. The van der Waals surface area contributed by atoms with Crippen LogP contribution < -0.4 is 5.32 Å². The van der Waals surface area contributed by atoms with Crippen molar-refractivity contribution < 1.29 is 23.8 Å². The van der Waals surface area contributed by atoms with E-state index in [1.807, 2.05) is 55.5 Å². The number of furan rings is 1. The van der Waals surface area contributed by atoms with Gasteiger partial charge in [-0.1, -0.05) is 36.4 Å². The molecule has 1 aromatic heterocycles. The van der Waals surface area contributed by atoms with E-state index in [-0.39, 0.29) is 5.91 Å². The number of carbonyl (C=O) groups excluding carboxylic acids is 1. The van der Waals surface area contributed by atoms with Crippen LogP contribution >= 0.6 is 0 Å². The van der Waals surface area contributed by atoms with Crippen LogP contribution in [0.25, 0.3) is 11.6 Å². The molecule has 2 unspecified atom stereocenters. The van der Waals surface area contributed by atoms with Gasteiger partial charge < -0.3 is 24.3 Å². The van der Waals surface area contributed by atoms with Gasteiger partial charge in [-0.2, -0.15) is 0 Å². The van der Waals surface area contributed by atoms with Crippen molar-refractivity contribution in [2.24, 2.45) is 0 Å². The van der Waals surface area contributed by atoms with E-state index in [1.54, 1.807) is 25.3 Å². The van der Waals surface area contributed by atoms with Gasteiger partial charge >= 0.3 is 0 Å². The first kappa shape index (κ1) is 21.1. The molecule has 1 amide bonds. The highest BCUT2D eigenvalue weighted by Crippen LogP contribution is 2.42. The van der Waals surface area contributed by atoms with Crippen LogP contribution in [0.5, 0.6) is 0 Å². The van der Waals surface area contributed by atoms with Crippen molar-refractivity contribution >= 4 is 23.2 Å². The molecule has 31 heavy (non-hydrogen) atoms. The molecule has 0 saturated heterocycles. The summed E-state index contributed by atoms with van der Waals surface area (Å²) in [4.78, 5) is 12.6. The third-order valence-corrected chi connectivity index (χ3v) is 5.50. The van der Waals surface area contributed by atoms with E-state index in [4.69, 9.17) is 13.9 Å². The Bertz CT molecular complexity index is 1120. The number of carbonyl (C=O) groups is 1. The minimum atomic E-state index is -1.62. The predicted octanol–water partition coefficient (Wildman–Crippen LogP) is 4.19. The first-order chi connectivity index (χ1) is 15.0. The number of allylic oxidation sites excluding steroid dienone is 1. The second-order valence-electron chi connectivity index (χ2n) is 7.57. The van der Waals surface area contributed by atoms with Crippen LogP contribution in [0.15, 0.2) is 65.1 Å². The fourth-order valence-corrected chi connectivity index (χ4v) is 4.01. The van der Waals surface area contributed by atoms with Gasteiger partial charge in [-0.3, -0.25) is 4.79 Å². The lowest BCUT2D eigenvalue weighted by Crippen LogP contribution is -2.52. The molecular formula is C25H25NO5. The summed E-state index contributed by atoms with van der Waals surface area (Å²) in [5.41, 5.74) is 1.88. The van der Waals surface area contributed by atoms with Crippen LogP contribution in [-0.4, -0.2) is 31.3 Å². The van der Waals surface area contributed by atoms with E-state index >= 15 is 0 Å². The van der Waals surface area contributed by atoms with Crippen LogP contribution in [0.3, 0.4) is 0 Å². The molecule has 0 aliphatic carbocycles. The Hall–Kier alpha value is -3.19. The smallest absolute Gasteiger partial charge is 0.257 e. The molecular weight excluding hydrogens is 394 g/mol. The maximum atomic E-state index is 12.6. The number of methoxy groups -OCH3 is 2. The molecule has 0 saturated carbocycles. The van der Waals surface area contributed by atoms with Gasteiger partial charge in [-0.05, 0) is 54.0 Å². The number of aliphatic hydroxyl groups is 1. The van der Waals surface area contributed by atoms with Gasteiger partial charge in [0.15, 0.2) is 11.7 Å². The molecule has 2 heterocycles. The lowest BCUT2D eigenvalue weighted by atomic mass is 9.77. The van der Waals surface area contributed by atoms with Crippen LogP contribution in [0, 0.1) is 0 Å². The minimum Gasteiger partial charge on any atom is -0.459 e. The van der Waals surface area contributed by atoms with Crippen molar-refractivity contribution in [3.05, 3.63) is 88.9 Å². The molecule has 2 atom stereocenters. The van der Waals surface area contributed by atoms with Gasteiger partial charge in [0, 0.05) is 25.5 Å². The molecule has 4 rings (SSSR count). The summed E-state index contributed by atoms with van der Waals surface area (Å²) in [7, 11) is 3.05. The normalized spacial score (nSPS) is 21.0. The number of ether oxygens (including phenoxy) is 2. The van der Waals surface area contributed by atoms with Crippen LogP contribution in [0.4, 0.5) is 5.69 Å². The number of nitrogens with one attached hydrogen (secondary N) is 1. The van der Waals surface area contributed by atoms with E-state index in [0.717, 1.165) is 22.7 Å². The average molecular weight is 419 g/mol. The third-order valence-electron chi connectivity index (χ3n) is 5.50. The molecule has 2 aromatic carbocycles. The zero-order valence-corrected chi connectivity index (χ0v) is 17.7. The van der Waals surface area contributed by atoms with Crippen LogP contribution in [0.1, 0.15) is 35.1 Å². The molecule has 0 radical (unpaired) electrons. The molecule has 0 spiro atoms. The van der Waals surface area contributed by atoms with Crippen molar-refractivity contribution in [1.82, 2.24) is 0 Å². The third kappa shape index (κ3) is 3.81. The summed E-state index contributed by atoms with van der Waals surface area (Å²) < 4.78 is 16.4. The highest BCUT2D eigenvalue weighted by molar-refractivity contribution is 6.00.